The quantitative estimate of drug-likeness (QED) is 0.880. The second-order valence-electron chi connectivity index (χ2n) is 3.51. The molecule has 0 unspecified atom stereocenters. The van der Waals surface area contributed by atoms with Crippen LogP contribution in [0, 0.1) is 0 Å². The Morgan fingerprint density at radius 1 is 1.50 bits per heavy atom. The van der Waals surface area contributed by atoms with Gasteiger partial charge in [0.25, 0.3) is 0 Å². The maximum atomic E-state index is 10.8. The molecule has 2 aromatic rings. The predicted octanol–water partition coefficient (Wildman–Crippen LogP) is 2.18. The van der Waals surface area contributed by atoms with Crippen LogP contribution in [0.25, 0.3) is 0 Å². The van der Waals surface area contributed by atoms with E-state index in [2.05, 4.69) is 31.4 Å². The maximum absolute atomic E-state index is 10.8. The number of aromatic carboxylic acids is 1. The number of hydrogen-bond donors (Lipinski definition) is 2. The van der Waals surface area contributed by atoms with E-state index in [1.54, 1.807) is 18.2 Å². The van der Waals surface area contributed by atoms with E-state index in [0.717, 1.165) is 5.69 Å². The first-order valence-electron chi connectivity index (χ1n) is 5.19. The van der Waals surface area contributed by atoms with Crippen LogP contribution in [0.3, 0.4) is 0 Å². The van der Waals surface area contributed by atoms with Crippen LogP contribution in [-0.2, 0) is 6.42 Å². The maximum Gasteiger partial charge on any atom is 0.335 e. The number of halogens is 1. The van der Waals surface area contributed by atoms with E-state index in [0.29, 0.717) is 23.3 Å². The lowest BCUT2D eigenvalue weighted by Gasteiger charge is -2.07. The van der Waals surface area contributed by atoms with Gasteiger partial charge in [-0.1, -0.05) is 5.16 Å². The lowest BCUT2D eigenvalue weighted by atomic mass is 10.2. The van der Waals surface area contributed by atoms with Crippen molar-refractivity contribution < 1.29 is 14.4 Å². The Balaban J connectivity index is 1.95. The topological polar surface area (TPSA) is 88.2 Å². The van der Waals surface area contributed by atoms with Gasteiger partial charge in [0.15, 0.2) is 6.33 Å². The summed E-state index contributed by atoms with van der Waals surface area (Å²) in [6.07, 6.45) is 1.96. The Hall–Kier alpha value is -1.89. The van der Waals surface area contributed by atoms with Crippen LogP contribution < -0.4 is 5.32 Å². The highest BCUT2D eigenvalue weighted by atomic mass is 79.9. The van der Waals surface area contributed by atoms with Crippen LogP contribution in [0.2, 0.25) is 0 Å². The molecular weight excluding hydrogens is 302 g/mol. The van der Waals surface area contributed by atoms with E-state index in [1.165, 1.54) is 6.33 Å². The van der Waals surface area contributed by atoms with Crippen molar-refractivity contribution in [1.82, 2.24) is 10.1 Å². The van der Waals surface area contributed by atoms with Gasteiger partial charge in [-0.25, -0.2) is 4.79 Å². The largest absolute Gasteiger partial charge is 0.478 e. The van der Waals surface area contributed by atoms with Crippen LogP contribution in [-0.4, -0.2) is 27.8 Å². The highest BCUT2D eigenvalue weighted by Crippen LogP contribution is 2.23. The first-order chi connectivity index (χ1) is 8.66. The summed E-state index contributed by atoms with van der Waals surface area (Å²) in [6.45, 7) is 0.618. The summed E-state index contributed by atoms with van der Waals surface area (Å²) in [6, 6.07) is 4.81. The summed E-state index contributed by atoms with van der Waals surface area (Å²) in [4.78, 5) is 14.7. The number of anilines is 1. The van der Waals surface area contributed by atoms with E-state index >= 15 is 0 Å². The molecule has 1 heterocycles. The number of hydrogen-bond acceptors (Lipinski definition) is 5. The molecule has 2 N–H and O–H groups in total. The van der Waals surface area contributed by atoms with Gasteiger partial charge in [-0.2, -0.15) is 4.98 Å². The second kappa shape index (κ2) is 5.63. The van der Waals surface area contributed by atoms with Crippen LogP contribution in [0.4, 0.5) is 5.69 Å². The summed E-state index contributed by atoms with van der Waals surface area (Å²) >= 11 is 3.32. The van der Waals surface area contributed by atoms with Crippen molar-refractivity contribution in [3.63, 3.8) is 0 Å². The number of carboxylic acid groups (broad SMARTS) is 1. The minimum absolute atomic E-state index is 0.240. The zero-order valence-corrected chi connectivity index (χ0v) is 10.8. The third-order valence-electron chi connectivity index (χ3n) is 2.28. The van der Waals surface area contributed by atoms with Crippen LogP contribution in [0.15, 0.2) is 33.5 Å². The minimum atomic E-state index is -0.951. The lowest BCUT2D eigenvalue weighted by molar-refractivity contribution is 0.0697. The molecule has 0 bridgehead atoms. The SMILES string of the molecule is O=C(O)c1ccc(NCCc2ncno2)c(Br)c1. The standard InChI is InChI=1S/C11H10BrN3O3/c12-8-5-7(11(16)17)1-2-9(8)13-4-3-10-14-6-15-18-10/h1-2,5-6,13H,3-4H2,(H,16,17). The van der Waals surface area contributed by atoms with Crippen molar-refractivity contribution in [3.05, 3.63) is 40.5 Å². The number of carbonyl (C=O) groups is 1. The molecule has 0 amide bonds. The molecule has 94 valence electrons. The van der Waals surface area contributed by atoms with Crippen LogP contribution in [0.1, 0.15) is 16.2 Å². The van der Waals surface area contributed by atoms with Gasteiger partial charge >= 0.3 is 5.97 Å². The van der Waals surface area contributed by atoms with Gasteiger partial charge in [-0.3, -0.25) is 0 Å². The number of carboxylic acids is 1. The van der Waals surface area contributed by atoms with Crippen molar-refractivity contribution in [2.75, 3.05) is 11.9 Å². The lowest BCUT2D eigenvalue weighted by Crippen LogP contribution is -2.06. The number of nitrogens with zero attached hydrogens (tertiary/aromatic N) is 2. The van der Waals surface area contributed by atoms with Crippen molar-refractivity contribution >= 4 is 27.6 Å². The normalized spacial score (nSPS) is 10.3. The highest BCUT2D eigenvalue weighted by Gasteiger charge is 2.06. The van der Waals surface area contributed by atoms with Gasteiger partial charge in [0.05, 0.1) is 5.56 Å². The summed E-state index contributed by atoms with van der Waals surface area (Å²) in [7, 11) is 0. The molecule has 0 spiro atoms. The third kappa shape index (κ3) is 3.07. The number of rotatable bonds is 5. The Morgan fingerprint density at radius 2 is 2.33 bits per heavy atom. The van der Waals surface area contributed by atoms with E-state index in [-0.39, 0.29) is 5.56 Å². The smallest absolute Gasteiger partial charge is 0.335 e. The predicted molar refractivity (Wildman–Crippen MR) is 67.6 cm³/mol. The molecule has 0 aliphatic rings. The molecule has 0 aliphatic heterocycles. The first kappa shape index (κ1) is 12.6. The Kier molecular flexibility index (Phi) is 3.93. The van der Waals surface area contributed by atoms with Crippen molar-refractivity contribution in [2.45, 2.75) is 6.42 Å². The van der Waals surface area contributed by atoms with E-state index in [4.69, 9.17) is 9.63 Å². The fourth-order valence-electron chi connectivity index (χ4n) is 1.40. The molecule has 0 radical (unpaired) electrons. The molecule has 0 saturated carbocycles. The average molecular weight is 312 g/mol. The zero-order chi connectivity index (χ0) is 13.0. The molecule has 0 aliphatic carbocycles. The molecule has 1 aromatic carbocycles. The Bertz CT molecular complexity index is 542. The van der Waals surface area contributed by atoms with Gasteiger partial charge < -0.3 is 14.9 Å². The van der Waals surface area contributed by atoms with Gasteiger partial charge in [-0.05, 0) is 34.1 Å². The number of aromatic nitrogens is 2. The number of nitrogens with one attached hydrogen (secondary N) is 1. The molecule has 18 heavy (non-hydrogen) atoms. The molecule has 7 heteroatoms. The number of benzene rings is 1. The van der Waals surface area contributed by atoms with Crippen molar-refractivity contribution in [2.24, 2.45) is 0 Å². The van der Waals surface area contributed by atoms with Crippen molar-refractivity contribution in [1.29, 1.82) is 0 Å². The summed E-state index contributed by atoms with van der Waals surface area (Å²) in [5.74, 6) is -0.395. The third-order valence-corrected chi connectivity index (χ3v) is 2.93. The molecule has 0 fully saturated rings. The van der Waals surface area contributed by atoms with Gasteiger partial charge in [-0.15, -0.1) is 0 Å². The van der Waals surface area contributed by atoms with E-state index < -0.39 is 5.97 Å². The van der Waals surface area contributed by atoms with E-state index in [9.17, 15) is 4.79 Å². The highest BCUT2D eigenvalue weighted by molar-refractivity contribution is 9.10. The van der Waals surface area contributed by atoms with Gasteiger partial charge in [0, 0.05) is 23.1 Å². The Labute approximate surface area is 111 Å². The van der Waals surface area contributed by atoms with Crippen LogP contribution >= 0.6 is 15.9 Å². The molecule has 2 rings (SSSR count). The summed E-state index contributed by atoms with van der Waals surface area (Å²) in [5, 5.41) is 15.5. The summed E-state index contributed by atoms with van der Waals surface area (Å²) in [5.41, 5.74) is 1.06. The first-order valence-corrected chi connectivity index (χ1v) is 5.98. The fourth-order valence-corrected chi connectivity index (χ4v) is 1.92. The van der Waals surface area contributed by atoms with E-state index in [1.807, 2.05) is 0 Å². The molecule has 6 nitrogen and oxygen atoms in total. The van der Waals surface area contributed by atoms with Crippen LogP contribution in [0.5, 0.6) is 0 Å². The molecule has 0 saturated heterocycles. The molecule has 0 atom stereocenters. The summed E-state index contributed by atoms with van der Waals surface area (Å²) < 4.78 is 5.56. The van der Waals surface area contributed by atoms with Gasteiger partial charge in [0.2, 0.25) is 5.89 Å². The minimum Gasteiger partial charge on any atom is -0.478 e. The fraction of sp³-hybridized carbons (Fsp3) is 0.182. The molecule has 1 aromatic heterocycles. The van der Waals surface area contributed by atoms with Gasteiger partial charge in [0.1, 0.15) is 0 Å². The molecular formula is C11H10BrN3O3. The van der Waals surface area contributed by atoms with Crippen molar-refractivity contribution in [3.8, 4) is 0 Å². The Morgan fingerprint density at radius 3 is 2.94 bits per heavy atom. The average Bonchev–Trinajstić information content (AvgIpc) is 2.84. The monoisotopic (exact) mass is 311 g/mol. The second-order valence-corrected chi connectivity index (χ2v) is 4.37. The zero-order valence-electron chi connectivity index (χ0n) is 9.26.